The molecular formula is C9H7NO6. The molecule has 2 rings (SSSR count). The molecular weight excluding hydrogens is 218 g/mol. The van der Waals surface area contributed by atoms with Gasteiger partial charge < -0.3 is 9.52 Å². The predicted molar refractivity (Wildman–Crippen MR) is 47.0 cm³/mol. The van der Waals surface area contributed by atoms with Crippen LogP contribution in [0, 0.1) is 0 Å². The van der Waals surface area contributed by atoms with E-state index in [9.17, 15) is 14.4 Å². The molecule has 1 atom stereocenters. The molecule has 1 N–H and O–H groups in total. The Morgan fingerprint density at radius 3 is 2.88 bits per heavy atom. The quantitative estimate of drug-likeness (QED) is 0.745. The maximum Gasteiger partial charge on any atom is 0.531 e. The fraction of sp³-hybridized carbons (Fsp3) is 0.222. The minimum absolute atomic E-state index is 0.119. The normalized spacial score (nSPS) is 20.2. The summed E-state index contributed by atoms with van der Waals surface area (Å²) in [6, 6.07) is 1.54. The molecule has 84 valence electrons. The van der Waals surface area contributed by atoms with Gasteiger partial charge in [0.2, 0.25) is 0 Å². The third-order valence-electron chi connectivity index (χ3n) is 2.22. The van der Waals surface area contributed by atoms with Gasteiger partial charge in [0.05, 0.1) is 18.4 Å². The zero-order valence-electron chi connectivity index (χ0n) is 7.95. The van der Waals surface area contributed by atoms with E-state index in [0.717, 1.165) is 0 Å². The highest BCUT2D eigenvalue weighted by Gasteiger charge is 2.42. The summed E-state index contributed by atoms with van der Waals surface area (Å²) in [5, 5.41) is 8.60. The molecule has 1 aromatic heterocycles. The molecule has 0 radical (unpaired) electrons. The number of carbonyl (C=O) groups excluding carboxylic acids is 2. The Labute approximate surface area is 89.2 Å². The Morgan fingerprint density at radius 1 is 1.56 bits per heavy atom. The molecule has 16 heavy (non-hydrogen) atoms. The number of carbonyl (C=O) groups is 3. The first-order valence-corrected chi connectivity index (χ1v) is 4.39. The summed E-state index contributed by atoms with van der Waals surface area (Å²) < 4.78 is 4.79. The molecule has 2 heterocycles. The van der Waals surface area contributed by atoms with E-state index in [1.807, 2.05) is 0 Å². The highest BCUT2D eigenvalue weighted by molar-refractivity contribution is 6.05. The van der Waals surface area contributed by atoms with Gasteiger partial charge in [0.1, 0.15) is 0 Å². The Morgan fingerprint density at radius 2 is 2.31 bits per heavy atom. The second kappa shape index (κ2) is 3.69. The van der Waals surface area contributed by atoms with Crippen LogP contribution >= 0.6 is 0 Å². The van der Waals surface area contributed by atoms with Crippen molar-refractivity contribution in [2.45, 2.75) is 12.3 Å². The number of hydrogen-bond acceptors (Lipinski definition) is 5. The molecule has 2 amide bonds. The third-order valence-corrected chi connectivity index (χ3v) is 2.22. The van der Waals surface area contributed by atoms with Crippen molar-refractivity contribution in [2.75, 3.05) is 0 Å². The monoisotopic (exact) mass is 225 g/mol. The lowest BCUT2D eigenvalue weighted by atomic mass is 10.0. The van der Waals surface area contributed by atoms with Crippen molar-refractivity contribution in [1.29, 1.82) is 0 Å². The summed E-state index contributed by atoms with van der Waals surface area (Å²) in [7, 11) is 0. The van der Waals surface area contributed by atoms with Crippen LogP contribution in [0.25, 0.3) is 0 Å². The van der Waals surface area contributed by atoms with Crippen LogP contribution < -0.4 is 0 Å². The number of nitrogens with zero attached hydrogens (tertiary/aromatic N) is 1. The zero-order valence-corrected chi connectivity index (χ0v) is 7.95. The summed E-state index contributed by atoms with van der Waals surface area (Å²) in [4.78, 5) is 37.3. The van der Waals surface area contributed by atoms with Gasteiger partial charge in [-0.1, -0.05) is 5.06 Å². The van der Waals surface area contributed by atoms with Crippen molar-refractivity contribution < 1.29 is 28.7 Å². The highest BCUT2D eigenvalue weighted by atomic mass is 16.8. The van der Waals surface area contributed by atoms with Crippen LogP contribution in [0.4, 0.5) is 4.79 Å². The van der Waals surface area contributed by atoms with Crippen LogP contribution in [0.15, 0.2) is 23.0 Å². The zero-order chi connectivity index (χ0) is 11.7. The van der Waals surface area contributed by atoms with E-state index in [0.29, 0.717) is 5.56 Å². The molecule has 1 aliphatic heterocycles. The Balaban J connectivity index is 2.19. The second-order valence-electron chi connectivity index (χ2n) is 3.20. The van der Waals surface area contributed by atoms with Crippen molar-refractivity contribution in [3.05, 3.63) is 24.2 Å². The lowest BCUT2D eigenvalue weighted by Gasteiger charge is -2.10. The van der Waals surface area contributed by atoms with Crippen LogP contribution in [0.1, 0.15) is 17.9 Å². The van der Waals surface area contributed by atoms with E-state index >= 15 is 0 Å². The molecule has 1 fully saturated rings. The minimum Gasteiger partial charge on any atom is -0.472 e. The van der Waals surface area contributed by atoms with E-state index in [1.165, 1.54) is 12.5 Å². The van der Waals surface area contributed by atoms with Crippen LogP contribution in [0.3, 0.4) is 0 Å². The fourth-order valence-electron chi connectivity index (χ4n) is 1.52. The molecule has 1 aliphatic rings. The van der Waals surface area contributed by atoms with Gasteiger partial charge in [-0.05, 0) is 6.07 Å². The summed E-state index contributed by atoms with van der Waals surface area (Å²) in [5.74, 6) is -2.11. The number of amides is 2. The summed E-state index contributed by atoms with van der Waals surface area (Å²) >= 11 is 0. The molecule has 0 aromatic carbocycles. The maximum atomic E-state index is 11.6. The number of rotatable bonds is 2. The Bertz CT molecular complexity index is 437. The third kappa shape index (κ3) is 1.62. The van der Waals surface area contributed by atoms with Crippen molar-refractivity contribution >= 4 is 18.0 Å². The number of furan rings is 1. The van der Waals surface area contributed by atoms with Gasteiger partial charge in [-0.3, -0.25) is 14.4 Å². The Hall–Kier alpha value is -2.31. The molecule has 1 aromatic rings. The van der Waals surface area contributed by atoms with Gasteiger partial charge in [0, 0.05) is 12.0 Å². The lowest BCUT2D eigenvalue weighted by molar-refractivity contribution is -0.175. The van der Waals surface area contributed by atoms with E-state index in [4.69, 9.17) is 9.52 Å². The number of hydrogen-bond donors (Lipinski definition) is 1. The molecule has 0 aliphatic carbocycles. The van der Waals surface area contributed by atoms with E-state index < -0.39 is 23.9 Å². The molecule has 0 saturated carbocycles. The summed E-state index contributed by atoms with van der Waals surface area (Å²) in [6.07, 6.45) is 0.883. The van der Waals surface area contributed by atoms with Gasteiger partial charge in [0.25, 0.3) is 11.8 Å². The fourth-order valence-corrected chi connectivity index (χ4v) is 1.52. The number of hydroxylamine groups is 2. The highest BCUT2D eigenvalue weighted by Crippen LogP contribution is 2.29. The van der Waals surface area contributed by atoms with Crippen molar-refractivity contribution in [3.63, 3.8) is 0 Å². The van der Waals surface area contributed by atoms with Crippen molar-refractivity contribution in [3.8, 4) is 0 Å². The smallest absolute Gasteiger partial charge is 0.472 e. The second-order valence-corrected chi connectivity index (χ2v) is 3.20. The average Bonchev–Trinajstić information content (AvgIpc) is 2.80. The van der Waals surface area contributed by atoms with Crippen molar-refractivity contribution in [1.82, 2.24) is 5.06 Å². The van der Waals surface area contributed by atoms with Crippen molar-refractivity contribution in [2.24, 2.45) is 0 Å². The average molecular weight is 225 g/mol. The Kier molecular flexibility index (Phi) is 2.35. The molecule has 7 heteroatoms. The number of carboxylic acid groups (broad SMARTS) is 1. The van der Waals surface area contributed by atoms with Crippen LogP contribution in [-0.2, 0) is 14.4 Å². The predicted octanol–water partition coefficient (Wildman–Crippen LogP) is 0.732. The van der Waals surface area contributed by atoms with Crippen LogP contribution in [-0.4, -0.2) is 28.1 Å². The van der Waals surface area contributed by atoms with Crippen LogP contribution in [0.2, 0.25) is 0 Å². The van der Waals surface area contributed by atoms with Gasteiger partial charge in [-0.15, -0.1) is 0 Å². The van der Waals surface area contributed by atoms with Gasteiger partial charge >= 0.3 is 6.16 Å². The molecule has 0 bridgehead atoms. The first-order chi connectivity index (χ1) is 7.59. The first kappa shape index (κ1) is 10.2. The molecule has 1 unspecified atom stereocenters. The SMILES string of the molecule is O=C(O)ON1C(=O)CC(c2ccoc2)C1=O. The largest absolute Gasteiger partial charge is 0.531 e. The lowest BCUT2D eigenvalue weighted by Crippen LogP contribution is -2.32. The first-order valence-electron chi connectivity index (χ1n) is 4.39. The van der Waals surface area contributed by atoms with E-state index in [2.05, 4.69) is 4.84 Å². The van der Waals surface area contributed by atoms with Gasteiger partial charge in [-0.25, -0.2) is 4.79 Å². The topological polar surface area (TPSA) is 97.1 Å². The number of imide groups is 1. The van der Waals surface area contributed by atoms with E-state index in [1.54, 1.807) is 6.07 Å². The summed E-state index contributed by atoms with van der Waals surface area (Å²) in [6.45, 7) is 0. The summed E-state index contributed by atoms with van der Waals surface area (Å²) in [5.41, 5.74) is 0.523. The minimum atomic E-state index is -1.70. The molecule has 7 nitrogen and oxygen atoms in total. The molecule has 1 saturated heterocycles. The van der Waals surface area contributed by atoms with Crippen LogP contribution in [0.5, 0.6) is 0 Å². The van der Waals surface area contributed by atoms with Gasteiger partial charge in [-0.2, -0.15) is 0 Å². The maximum absolute atomic E-state index is 11.6. The molecule has 0 spiro atoms. The van der Waals surface area contributed by atoms with Gasteiger partial charge in [0.15, 0.2) is 0 Å². The standard InChI is InChI=1S/C9H7NO6/c11-7-3-6(5-1-2-15-4-5)8(12)10(7)16-9(13)14/h1-2,4,6H,3H2,(H,13,14). The van der Waals surface area contributed by atoms with E-state index in [-0.39, 0.29) is 11.5 Å².